The molecule has 0 aliphatic rings. The van der Waals surface area contributed by atoms with E-state index in [1.165, 1.54) is 0 Å². The summed E-state index contributed by atoms with van der Waals surface area (Å²) in [6, 6.07) is 1.94. The van der Waals surface area contributed by atoms with E-state index in [0.29, 0.717) is 5.56 Å². The SMILES string of the molecule is CCCNc1cnccc1C(=O)N(C)C(C)C(C)(C)C. The third-order valence-electron chi connectivity index (χ3n) is 3.77. The largest absolute Gasteiger partial charge is 0.383 e. The molecule has 0 aliphatic carbocycles. The molecule has 4 heteroatoms. The zero-order valence-corrected chi connectivity index (χ0v) is 13.5. The Hall–Kier alpha value is -1.58. The summed E-state index contributed by atoms with van der Waals surface area (Å²) in [5, 5.41) is 3.27. The highest BCUT2D eigenvalue weighted by molar-refractivity contribution is 5.99. The van der Waals surface area contributed by atoms with Crippen LogP contribution in [-0.4, -0.2) is 35.4 Å². The molecule has 1 amide bonds. The minimum Gasteiger partial charge on any atom is -0.383 e. The maximum Gasteiger partial charge on any atom is 0.256 e. The highest BCUT2D eigenvalue weighted by Crippen LogP contribution is 2.25. The van der Waals surface area contributed by atoms with Crippen LogP contribution in [0.4, 0.5) is 5.69 Å². The van der Waals surface area contributed by atoms with Gasteiger partial charge in [0.25, 0.3) is 5.91 Å². The van der Waals surface area contributed by atoms with Crippen molar-refractivity contribution in [2.75, 3.05) is 18.9 Å². The molecule has 1 aromatic heterocycles. The normalized spacial score (nSPS) is 12.9. The second-order valence-corrected chi connectivity index (χ2v) is 6.31. The molecule has 1 atom stereocenters. The average molecular weight is 277 g/mol. The number of carbonyl (C=O) groups is 1. The molecule has 0 saturated carbocycles. The second-order valence-electron chi connectivity index (χ2n) is 6.31. The van der Waals surface area contributed by atoms with Gasteiger partial charge in [0, 0.05) is 25.8 Å². The molecule has 1 rings (SSSR count). The first-order valence-corrected chi connectivity index (χ1v) is 7.24. The molecule has 0 fully saturated rings. The lowest BCUT2D eigenvalue weighted by Gasteiger charge is -2.35. The number of amides is 1. The van der Waals surface area contributed by atoms with E-state index in [0.717, 1.165) is 18.7 Å². The van der Waals surface area contributed by atoms with E-state index in [1.807, 2.05) is 11.9 Å². The van der Waals surface area contributed by atoms with Crippen molar-refractivity contribution in [2.24, 2.45) is 5.41 Å². The van der Waals surface area contributed by atoms with Gasteiger partial charge in [0.15, 0.2) is 0 Å². The molecular formula is C16H27N3O. The summed E-state index contributed by atoms with van der Waals surface area (Å²) in [6.07, 6.45) is 4.40. The smallest absolute Gasteiger partial charge is 0.256 e. The van der Waals surface area contributed by atoms with E-state index in [-0.39, 0.29) is 17.4 Å². The van der Waals surface area contributed by atoms with Crippen molar-refractivity contribution in [1.29, 1.82) is 0 Å². The molecule has 4 nitrogen and oxygen atoms in total. The zero-order valence-electron chi connectivity index (χ0n) is 13.5. The van der Waals surface area contributed by atoms with Crippen LogP contribution in [0, 0.1) is 5.41 Å². The zero-order chi connectivity index (χ0) is 15.3. The monoisotopic (exact) mass is 277 g/mol. The molecule has 1 N–H and O–H groups in total. The predicted molar refractivity (Wildman–Crippen MR) is 84.0 cm³/mol. The molecule has 20 heavy (non-hydrogen) atoms. The van der Waals surface area contributed by atoms with Crippen LogP contribution in [0.3, 0.4) is 0 Å². The van der Waals surface area contributed by atoms with Crippen LogP contribution in [0.5, 0.6) is 0 Å². The summed E-state index contributed by atoms with van der Waals surface area (Å²) in [6.45, 7) is 11.4. The first-order valence-electron chi connectivity index (χ1n) is 7.24. The summed E-state index contributed by atoms with van der Waals surface area (Å²) in [5.74, 6) is 0.0356. The lowest BCUT2D eigenvalue weighted by Crippen LogP contribution is -2.43. The Balaban J connectivity index is 2.97. The van der Waals surface area contributed by atoms with Gasteiger partial charge in [-0.15, -0.1) is 0 Å². The van der Waals surface area contributed by atoms with Crippen LogP contribution >= 0.6 is 0 Å². The first-order chi connectivity index (χ1) is 9.29. The highest BCUT2D eigenvalue weighted by atomic mass is 16.2. The molecule has 0 aromatic carbocycles. The average Bonchev–Trinajstić information content (AvgIpc) is 2.42. The van der Waals surface area contributed by atoms with E-state index < -0.39 is 0 Å². The number of nitrogens with zero attached hydrogens (tertiary/aromatic N) is 2. The van der Waals surface area contributed by atoms with Gasteiger partial charge in [0.2, 0.25) is 0 Å². The van der Waals surface area contributed by atoms with Gasteiger partial charge in [-0.05, 0) is 24.8 Å². The minimum absolute atomic E-state index is 0.0356. The number of nitrogens with one attached hydrogen (secondary N) is 1. The number of hydrogen-bond acceptors (Lipinski definition) is 3. The van der Waals surface area contributed by atoms with E-state index in [1.54, 1.807) is 18.5 Å². The van der Waals surface area contributed by atoms with Crippen molar-refractivity contribution in [3.8, 4) is 0 Å². The van der Waals surface area contributed by atoms with Gasteiger partial charge in [-0.25, -0.2) is 0 Å². The van der Waals surface area contributed by atoms with Crippen LogP contribution in [0.2, 0.25) is 0 Å². The summed E-state index contributed by atoms with van der Waals surface area (Å²) in [5.41, 5.74) is 1.55. The molecule has 0 aliphatic heterocycles. The molecule has 1 heterocycles. The van der Waals surface area contributed by atoms with Crippen LogP contribution in [0.25, 0.3) is 0 Å². The Kier molecular flexibility index (Phi) is 5.54. The van der Waals surface area contributed by atoms with Crippen LogP contribution in [0.1, 0.15) is 51.4 Å². The first kappa shape index (κ1) is 16.5. The van der Waals surface area contributed by atoms with Gasteiger partial charge >= 0.3 is 0 Å². The molecular weight excluding hydrogens is 250 g/mol. The fourth-order valence-electron chi connectivity index (χ4n) is 1.93. The van der Waals surface area contributed by atoms with Crippen molar-refractivity contribution in [1.82, 2.24) is 9.88 Å². The van der Waals surface area contributed by atoms with Crippen molar-refractivity contribution >= 4 is 11.6 Å². The van der Waals surface area contributed by atoms with Gasteiger partial charge in [0.05, 0.1) is 17.4 Å². The van der Waals surface area contributed by atoms with Crippen molar-refractivity contribution in [2.45, 2.75) is 47.1 Å². The lowest BCUT2D eigenvalue weighted by molar-refractivity contribution is 0.0630. The summed E-state index contributed by atoms with van der Waals surface area (Å²) in [7, 11) is 1.86. The van der Waals surface area contributed by atoms with Crippen molar-refractivity contribution < 1.29 is 4.79 Å². The van der Waals surface area contributed by atoms with Gasteiger partial charge in [-0.3, -0.25) is 9.78 Å². The maximum atomic E-state index is 12.7. The quantitative estimate of drug-likeness (QED) is 0.897. The molecule has 0 bridgehead atoms. The second kappa shape index (κ2) is 6.73. The Labute approximate surface area is 122 Å². The number of carbonyl (C=O) groups excluding carboxylic acids is 1. The molecule has 0 radical (unpaired) electrons. The fourth-order valence-corrected chi connectivity index (χ4v) is 1.93. The van der Waals surface area contributed by atoms with Gasteiger partial charge in [-0.2, -0.15) is 0 Å². The molecule has 112 valence electrons. The van der Waals surface area contributed by atoms with Gasteiger partial charge in [-0.1, -0.05) is 27.7 Å². The number of hydrogen-bond donors (Lipinski definition) is 1. The van der Waals surface area contributed by atoms with Crippen molar-refractivity contribution in [3.05, 3.63) is 24.0 Å². The Bertz CT molecular complexity index is 451. The molecule has 1 aromatic rings. The van der Waals surface area contributed by atoms with E-state index in [2.05, 4.69) is 44.9 Å². The van der Waals surface area contributed by atoms with Crippen LogP contribution in [-0.2, 0) is 0 Å². The minimum atomic E-state index is 0.0356. The molecule has 1 unspecified atom stereocenters. The Morgan fingerprint density at radius 2 is 2.10 bits per heavy atom. The van der Waals surface area contributed by atoms with Gasteiger partial charge in [0.1, 0.15) is 0 Å². The standard InChI is InChI=1S/C16H27N3O/c1-7-9-18-14-11-17-10-8-13(14)15(20)19(6)12(2)16(3,4)5/h8,10-12,18H,7,9H2,1-6H3. The predicted octanol–water partition coefficient (Wildman–Crippen LogP) is 3.41. The highest BCUT2D eigenvalue weighted by Gasteiger charge is 2.28. The topological polar surface area (TPSA) is 45.2 Å². The number of rotatable bonds is 5. The fraction of sp³-hybridized carbons (Fsp3) is 0.625. The van der Waals surface area contributed by atoms with E-state index >= 15 is 0 Å². The third-order valence-corrected chi connectivity index (χ3v) is 3.77. The third kappa shape index (κ3) is 3.95. The summed E-state index contributed by atoms with van der Waals surface area (Å²) in [4.78, 5) is 18.6. The number of pyridine rings is 1. The summed E-state index contributed by atoms with van der Waals surface area (Å²) < 4.78 is 0. The van der Waals surface area contributed by atoms with Crippen molar-refractivity contribution in [3.63, 3.8) is 0 Å². The van der Waals surface area contributed by atoms with Crippen LogP contribution < -0.4 is 5.32 Å². The maximum absolute atomic E-state index is 12.7. The lowest BCUT2D eigenvalue weighted by atomic mass is 9.87. The number of anilines is 1. The number of aromatic nitrogens is 1. The summed E-state index contributed by atoms with van der Waals surface area (Å²) >= 11 is 0. The van der Waals surface area contributed by atoms with E-state index in [4.69, 9.17) is 0 Å². The molecule has 0 spiro atoms. The van der Waals surface area contributed by atoms with Gasteiger partial charge < -0.3 is 10.2 Å². The van der Waals surface area contributed by atoms with E-state index in [9.17, 15) is 4.79 Å². The molecule has 0 saturated heterocycles. The Morgan fingerprint density at radius 1 is 1.45 bits per heavy atom. The van der Waals surface area contributed by atoms with Crippen LogP contribution in [0.15, 0.2) is 18.5 Å². The Morgan fingerprint density at radius 3 is 2.65 bits per heavy atom.